The molecule has 0 aliphatic heterocycles. The van der Waals surface area contributed by atoms with Gasteiger partial charge in [-0.25, -0.2) is 0 Å². The number of aromatic nitrogens is 1. The molecule has 8 aromatic carbocycles. The molecule has 0 N–H and O–H groups in total. The van der Waals surface area contributed by atoms with Crippen LogP contribution in [0.1, 0.15) is 57.2 Å². The van der Waals surface area contributed by atoms with Crippen LogP contribution >= 0.6 is 0 Å². The van der Waals surface area contributed by atoms with Crippen LogP contribution in [0.3, 0.4) is 0 Å². The summed E-state index contributed by atoms with van der Waals surface area (Å²) in [4.78, 5) is 2.39. The fourth-order valence-corrected chi connectivity index (χ4v) is 10.5. The number of benzene rings is 8. The summed E-state index contributed by atoms with van der Waals surface area (Å²) in [7, 11) is 0. The van der Waals surface area contributed by atoms with Gasteiger partial charge in [0, 0.05) is 44.0 Å². The Kier molecular flexibility index (Phi) is 8.79. The monoisotopic (exact) mass is 784 g/mol. The predicted octanol–water partition coefficient (Wildman–Crippen LogP) is 16.6. The lowest BCUT2D eigenvalue weighted by molar-refractivity contribution is 0.608. The van der Waals surface area contributed by atoms with E-state index >= 15 is 0 Å². The molecule has 0 spiro atoms. The van der Waals surface area contributed by atoms with Crippen LogP contribution in [0.2, 0.25) is 0 Å². The van der Waals surface area contributed by atoms with Crippen molar-refractivity contribution in [2.75, 3.05) is 4.90 Å². The van der Waals surface area contributed by atoms with Gasteiger partial charge in [-0.1, -0.05) is 179 Å². The van der Waals surface area contributed by atoms with Gasteiger partial charge in [-0.15, -0.1) is 0 Å². The molecule has 2 heterocycles. The molecular weight excluding hydrogens is 737 g/mol. The van der Waals surface area contributed by atoms with E-state index in [1.807, 2.05) is 13.8 Å². The van der Waals surface area contributed by atoms with E-state index in [0.29, 0.717) is 0 Å². The molecule has 0 atom stereocenters. The normalized spacial score (nSPS) is 14.3. The molecule has 0 fully saturated rings. The lowest BCUT2D eigenvalue weighted by atomic mass is 9.77. The van der Waals surface area contributed by atoms with E-state index in [2.05, 4.69) is 217 Å². The second kappa shape index (κ2) is 14.5. The Morgan fingerprint density at radius 2 is 1.00 bits per heavy atom. The Labute approximate surface area is 358 Å². The van der Waals surface area contributed by atoms with Gasteiger partial charge in [0.2, 0.25) is 0 Å². The fraction of sp³-hybridized carbons (Fsp3) is 0.119. The van der Waals surface area contributed by atoms with Crippen molar-refractivity contribution in [1.29, 1.82) is 0 Å². The molecule has 0 saturated carbocycles. The van der Waals surface area contributed by atoms with Gasteiger partial charge in [-0.05, 0) is 111 Å². The maximum absolute atomic E-state index is 2.46. The Balaban J connectivity index is 0.00000207. The maximum atomic E-state index is 2.46. The third kappa shape index (κ3) is 5.70. The third-order valence-electron chi connectivity index (χ3n) is 13.3. The molecule has 2 aliphatic carbocycles. The number of nitrogens with zero attached hydrogens (tertiary/aromatic N) is 2. The molecule has 294 valence electrons. The van der Waals surface area contributed by atoms with Gasteiger partial charge in [-0.3, -0.25) is 0 Å². The first kappa shape index (κ1) is 36.9. The Hall–Kier alpha value is -7.16. The highest BCUT2D eigenvalue weighted by atomic mass is 15.1. The summed E-state index contributed by atoms with van der Waals surface area (Å²) in [6, 6.07) is 69.4. The molecule has 0 bridgehead atoms. The van der Waals surface area contributed by atoms with Gasteiger partial charge in [0.1, 0.15) is 0 Å². The molecule has 61 heavy (non-hydrogen) atoms. The highest BCUT2D eigenvalue weighted by molar-refractivity contribution is 6.27. The minimum atomic E-state index is 0.0479. The van der Waals surface area contributed by atoms with Crippen LogP contribution in [0.4, 0.5) is 17.1 Å². The fourth-order valence-electron chi connectivity index (χ4n) is 10.5. The zero-order valence-electron chi connectivity index (χ0n) is 35.3. The molecule has 12 rings (SSSR count). The second-order valence-corrected chi connectivity index (χ2v) is 16.8. The SMILES string of the molecule is CC.CC1(C)C2=C(C(c3ccc(N(c4ccc(-c5ccccc5)cc4)c4ccc(-c5ccc6c7ccccc7n7c8ccccc8c5c67)cc4)cc3)=CCC2)c2ccccc21. The molecule has 0 amide bonds. The van der Waals surface area contributed by atoms with E-state index in [0.717, 1.165) is 29.9 Å². The van der Waals surface area contributed by atoms with Crippen LogP contribution in [0.15, 0.2) is 200 Å². The van der Waals surface area contributed by atoms with Crippen LogP contribution in [0.25, 0.3) is 71.5 Å². The summed E-state index contributed by atoms with van der Waals surface area (Å²) in [6.45, 7) is 8.80. The van der Waals surface area contributed by atoms with Crippen molar-refractivity contribution in [1.82, 2.24) is 4.40 Å². The topological polar surface area (TPSA) is 7.65 Å². The Bertz CT molecular complexity index is 3310. The van der Waals surface area contributed by atoms with Crippen molar-refractivity contribution in [2.24, 2.45) is 0 Å². The summed E-state index contributed by atoms with van der Waals surface area (Å²) >= 11 is 0. The van der Waals surface area contributed by atoms with Crippen LogP contribution in [0, 0.1) is 0 Å². The molecule has 2 aliphatic rings. The minimum Gasteiger partial charge on any atom is -0.311 e. The second-order valence-electron chi connectivity index (χ2n) is 16.8. The largest absolute Gasteiger partial charge is 0.311 e. The zero-order valence-corrected chi connectivity index (χ0v) is 35.3. The Morgan fingerprint density at radius 1 is 0.459 bits per heavy atom. The predicted molar refractivity (Wildman–Crippen MR) is 262 cm³/mol. The van der Waals surface area contributed by atoms with Crippen molar-refractivity contribution in [3.8, 4) is 22.3 Å². The van der Waals surface area contributed by atoms with Crippen LogP contribution in [-0.4, -0.2) is 4.40 Å². The number of hydrogen-bond acceptors (Lipinski definition) is 1. The van der Waals surface area contributed by atoms with Crippen molar-refractivity contribution in [3.63, 3.8) is 0 Å². The van der Waals surface area contributed by atoms with Crippen LogP contribution in [-0.2, 0) is 5.41 Å². The molecule has 10 aromatic rings. The Morgan fingerprint density at radius 3 is 1.69 bits per heavy atom. The summed E-state index contributed by atoms with van der Waals surface area (Å²) in [6.07, 6.45) is 4.65. The molecular formula is C59H48N2. The molecule has 2 aromatic heterocycles. The van der Waals surface area contributed by atoms with E-state index in [1.54, 1.807) is 5.57 Å². The molecule has 0 unspecified atom stereocenters. The van der Waals surface area contributed by atoms with Gasteiger partial charge in [-0.2, -0.15) is 0 Å². The van der Waals surface area contributed by atoms with E-state index in [-0.39, 0.29) is 5.41 Å². The van der Waals surface area contributed by atoms with E-state index < -0.39 is 0 Å². The first-order chi connectivity index (χ1) is 30.0. The number of para-hydroxylation sites is 2. The number of fused-ring (bicyclic) bond motifs is 8. The van der Waals surface area contributed by atoms with E-state index in [9.17, 15) is 0 Å². The molecule has 2 heteroatoms. The first-order valence-electron chi connectivity index (χ1n) is 21.9. The zero-order chi connectivity index (χ0) is 41.2. The molecule has 2 nitrogen and oxygen atoms in total. The minimum absolute atomic E-state index is 0.0479. The highest BCUT2D eigenvalue weighted by Gasteiger charge is 2.39. The molecule has 0 radical (unpaired) electrons. The smallest absolute Gasteiger partial charge is 0.0626 e. The number of anilines is 3. The summed E-state index contributed by atoms with van der Waals surface area (Å²) in [5.74, 6) is 0. The van der Waals surface area contributed by atoms with Crippen LogP contribution < -0.4 is 4.90 Å². The standard InChI is InChI=1S/C57H42N2.C2H6/c1-57(2)50-19-9-6-16-48(50)54-44(18-12-20-51(54)57)39-25-31-42(32-26-39)58(41-29-23-38(24-30-41)37-13-4-3-5-14-37)43-33-27-40(28-34-43)45-35-36-47-46-15-7-10-21-52(46)59-53-22-11-8-17-49(53)55(45)56(47)59;1-2/h3-11,13-19,21-36H,12,20H2,1-2H3;1-2H3. The van der Waals surface area contributed by atoms with Gasteiger partial charge >= 0.3 is 0 Å². The highest BCUT2D eigenvalue weighted by Crippen LogP contribution is 2.54. The molecule has 0 saturated heterocycles. The van der Waals surface area contributed by atoms with E-state index in [4.69, 9.17) is 0 Å². The lowest BCUT2D eigenvalue weighted by Gasteiger charge is -2.28. The van der Waals surface area contributed by atoms with Crippen molar-refractivity contribution in [3.05, 3.63) is 216 Å². The van der Waals surface area contributed by atoms with E-state index in [1.165, 1.54) is 88.2 Å². The van der Waals surface area contributed by atoms with Gasteiger partial charge < -0.3 is 9.30 Å². The van der Waals surface area contributed by atoms with Crippen molar-refractivity contribution in [2.45, 2.75) is 46.0 Å². The summed E-state index contributed by atoms with van der Waals surface area (Å²) < 4.78 is 2.46. The number of rotatable bonds is 6. The average Bonchev–Trinajstić information content (AvgIpc) is 3.94. The summed E-state index contributed by atoms with van der Waals surface area (Å²) in [5.41, 5.74) is 20.6. The lowest BCUT2D eigenvalue weighted by Crippen LogP contribution is -2.17. The first-order valence-corrected chi connectivity index (χ1v) is 21.9. The van der Waals surface area contributed by atoms with Crippen LogP contribution in [0.5, 0.6) is 0 Å². The number of hydrogen-bond donors (Lipinski definition) is 0. The van der Waals surface area contributed by atoms with Crippen molar-refractivity contribution >= 4 is 66.3 Å². The summed E-state index contributed by atoms with van der Waals surface area (Å²) in [5, 5.41) is 5.21. The van der Waals surface area contributed by atoms with Crippen molar-refractivity contribution < 1.29 is 0 Å². The quantitative estimate of drug-likeness (QED) is 0.163. The third-order valence-corrected chi connectivity index (χ3v) is 13.3. The maximum Gasteiger partial charge on any atom is 0.0626 e. The van der Waals surface area contributed by atoms with Gasteiger partial charge in [0.25, 0.3) is 0 Å². The van der Waals surface area contributed by atoms with Gasteiger partial charge in [0.05, 0.1) is 16.6 Å². The average molecular weight is 785 g/mol. The van der Waals surface area contributed by atoms with Gasteiger partial charge in [0.15, 0.2) is 0 Å². The number of allylic oxidation sites excluding steroid dienone is 4.